The summed E-state index contributed by atoms with van der Waals surface area (Å²) in [5.41, 5.74) is 0.489. The molecule has 0 saturated carbocycles. The number of aliphatic hydroxyl groups excluding tert-OH is 1. The number of nitrogens with one attached hydrogen (secondary N) is 1. The smallest absolute Gasteiger partial charge is 0.272 e. The lowest BCUT2D eigenvalue weighted by molar-refractivity contribution is 0.0718. The van der Waals surface area contributed by atoms with Gasteiger partial charge >= 0.3 is 0 Å². The molecule has 1 aromatic heterocycles. The maximum Gasteiger partial charge on any atom is 0.272 e. The number of amides is 1. The SMILES string of the molecule is CNc1cccc(C(=O)N2CCCC2CCCO)n1. The van der Waals surface area contributed by atoms with E-state index in [9.17, 15) is 4.79 Å². The number of anilines is 1. The first-order chi connectivity index (χ1) is 9.26. The predicted octanol–water partition coefficient (Wildman–Crippen LogP) is 1.50. The Morgan fingerprint density at radius 3 is 3.16 bits per heavy atom. The van der Waals surface area contributed by atoms with Crippen LogP contribution in [0.2, 0.25) is 0 Å². The van der Waals surface area contributed by atoms with Crippen molar-refractivity contribution in [3.05, 3.63) is 23.9 Å². The minimum Gasteiger partial charge on any atom is -0.396 e. The third-order valence-corrected chi connectivity index (χ3v) is 3.56. The van der Waals surface area contributed by atoms with Gasteiger partial charge in [-0.3, -0.25) is 4.79 Å². The molecule has 0 bridgehead atoms. The highest BCUT2D eigenvalue weighted by molar-refractivity contribution is 5.93. The maximum absolute atomic E-state index is 12.5. The van der Waals surface area contributed by atoms with Crippen molar-refractivity contribution in [1.82, 2.24) is 9.88 Å². The number of hydrogen-bond donors (Lipinski definition) is 2. The molecule has 5 heteroatoms. The molecule has 1 fully saturated rings. The normalized spacial score (nSPS) is 18.6. The third kappa shape index (κ3) is 3.23. The zero-order valence-electron chi connectivity index (χ0n) is 11.3. The number of carbonyl (C=O) groups excluding carboxylic acids is 1. The summed E-state index contributed by atoms with van der Waals surface area (Å²) in [7, 11) is 1.79. The summed E-state index contributed by atoms with van der Waals surface area (Å²) in [5.74, 6) is 0.703. The Hall–Kier alpha value is -1.62. The van der Waals surface area contributed by atoms with E-state index in [1.165, 1.54) is 0 Å². The topological polar surface area (TPSA) is 65.5 Å². The Bertz CT molecular complexity index is 436. The fraction of sp³-hybridized carbons (Fsp3) is 0.571. The largest absolute Gasteiger partial charge is 0.396 e. The van der Waals surface area contributed by atoms with Crippen molar-refractivity contribution >= 4 is 11.7 Å². The number of aromatic nitrogens is 1. The molecule has 0 aliphatic carbocycles. The quantitative estimate of drug-likeness (QED) is 0.845. The van der Waals surface area contributed by atoms with Crippen molar-refractivity contribution < 1.29 is 9.90 Å². The molecule has 2 heterocycles. The second-order valence-corrected chi connectivity index (χ2v) is 4.82. The molecule has 1 atom stereocenters. The van der Waals surface area contributed by atoms with Gasteiger partial charge in [0.2, 0.25) is 0 Å². The van der Waals surface area contributed by atoms with Gasteiger partial charge in [0, 0.05) is 26.2 Å². The van der Waals surface area contributed by atoms with E-state index in [0.29, 0.717) is 11.5 Å². The van der Waals surface area contributed by atoms with Gasteiger partial charge in [-0.15, -0.1) is 0 Å². The van der Waals surface area contributed by atoms with Crippen LogP contribution in [0.4, 0.5) is 5.82 Å². The number of hydrogen-bond acceptors (Lipinski definition) is 4. The van der Waals surface area contributed by atoms with E-state index in [2.05, 4.69) is 10.3 Å². The van der Waals surface area contributed by atoms with Crippen LogP contribution in [0.5, 0.6) is 0 Å². The Balaban J connectivity index is 2.09. The summed E-state index contributed by atoms with van der Waals surface area (Å²) in [6.07, 6.45) is 3.68. The highest BCUT2D eigenvalue weighted by Crippen LogP contribution is 2.23. The first-order valence-electron chi connectivity index (χ1n) is 6.83. The van der Waals surface area contributed by atoms with Crippen molar-refractivity contribution in [2.75, 3.05) is 25.5 Å². The lowest BCUT2D eigenvalue weighted by atomic mass is 10.1. The number of rotatable bonds is 5. The average molecular weight is 263 g/mol. The number of likely N-dealkylation sites (tertiary alicyclic amines) is 1. The molecule has 1 amide bonds. The van der Waals surface area contributed by atoms with Crippen LogP contribution in [0.25, 0.3) is 0 Å². The van der Waals surface area contributed by atoms with Crippen LogP contribution >= 0.6 is 0 Å². The van der Waals surface area contributed by atoms with Crippen LogP contribution in [-0.2, 0) is 0 Å². The van der Waals surface area contributed by atoms with Crippen LogP contribution in [0, 0.1) is 0 Å². The highest BCUT2D eigenvalue weighted by Gasteiger charge is 2.29. The van der Waals surface area contributed by atoms with Gasteiger partial charge in [0.05, 0.1) is 0 Å². The van der Waals surface area contributed by atoms with E-state index in [0.717, 1.165) is 32.2 Å². The molecule has 0 radical (unpaired) electrons. The molecule has 19 heavy (non-hydrogen) atoms. The molecule has 2 N–H and O–H groups in total. The van der Waals surface area contributed by atoms with Crippen molar-refractivity contribution in [3.8, 4) is 0 Å². The van der Waals surface area contributed by atoms with Crippen LogP contribution in [-0.4, -0.2) is 47.1 Å². The number of carbonyl (C=O) groups is 1. The van der Waals surface area contributed by atoms with Gasteiger partial charge in [-0.2, -0.15) is 0 Å². The van der Waals surface area contributed by atoms with Gasteiger partial charge in [-0.1, -0.05) is 6.07 Å². The molecule has 1 aliphatic heterocycles. The van der Waals surface area contributed by atoms with Gasteiger partial charge in [-0.25, -0.2) is 4.98 Å². The van der Waals surface area contributed by atoms with Crippen molar-refractivity contribution in [2.45, 2.75) is 31.7 Å². The van der Waals surface area contributed by atoms with Crippen molar-refractivity contribution in [3.63, 3.8) is 0 Å². The summed E-state index contributed by atoms with van der Waals surface area (Å²) in [4.78, 5) is 18.7. The van der Waals surface area contributed by atoms with E-state index in [4.69, 9.17) is 5.11 Å². The highest BCUT2D eigenvalue weighted by atomic mass is 16.3. The lowest BCUT2D eigenvalue weighted by Gasteiger charge is -2.24. The molecule has 104 valence electrons. The summed E-state index contributed by atoms with van der Waals surface area (Å²) in [5, 5.41) is 11.9. The summed E-state index contributed by atoms with van der Waals surface area (Å²) < 4.78 is 0. The Morgan fingerprint density at radius 1 is 1.58 bits per heavy atom. The van der Waals surface area contributed by atoms with E-state index < -0.39 is 0 Å². The van der Waals surface area contributed by atoms with Crippen molar-refractivity contribution in [2.24, 2.45) is 0 Å². The Kier molecular flexibility index (Phi) is 4.74. The molecular weight excluding hydrogens is 242 g/mol. The Labute approximate surface area is 113 Å². The monoisotopic (exact) mass is 263 g/mol. The van der Waals surface area contributed by atoms with Crippen LogP contribution < -0.4 is 5.32 Å². The molecule has 1 aliphatic rings. The lowest BCUT2D eigenvalue weighted by Crippen LogP contribution is -2.36. The molecule has 0 spiro atoms. The number of nitrogens with zero attached hydrogens (tertiary/aromatic N) is 2. The number of aliphatic hydroxyl groups is 1. The molecule has 1 saturated heterocycles. The van der Waals surface area contributed by atoms with E-state index in [1.807, 2.05) is 17.0 Å². The second-order valence-electron chi connectivity index (χ2n) is 4.82. The molecular formula is C14H21N3O2. The summed E-state index contributed by atoms with van der Waals surface area (Å²) in [6.45, 7) is 0.979. The van der Waals surface area contributed by atoms with Gasteiger partial charge in [0.25, 0.3) is 5.91 Å². The summed E-state index contributed by atoms with van der Waals surface area (Å²) in [6, 6.07) is 5.68. The zero-order chi connectivity index (χ0) is 13.7. The second kappa shape index (κ2) is 6.52. The van der Waals surface area contributed by atoms with Gasteiger partial charge < -0.3 is 15.3 Å². The molecule has 5 nitrogen and oxygen atoms in total. The van der Waals surface area contributed by atoms with Gasteiger partial charge in [0.1, 0.15) is 11.5 Å². The predicted molar refractivity (Wildman–Crippen MR) is 74.2 cm³/mol. The van der Waals surface area contributed by atoms with Gasteiger partial charge in [-0.05, 0) is 37.8 Å². The van der Waals surface area contributed by atoms with Crippen LogP contribution in [0.1, 0.15) is 36.2 Å². The minimum atomic E-state index is -0.00228. The van der Waals surface area contributed by atoms with E-state index >= 15 is 0 Å². The van der Waals surface area contributed by atoms with Gasteiger partial charge in [0.15, 0.2) is 0 Å². The maximum atomic E-state index is 12.5. The Morgan fingerprint density at radius 2 is 2.42 bits per heavy atom. The zero-order valence-corrected chi connectivity index (χ0v) is 11.3. The van der Waals surface area contributed by atoms with E-state index in [1.54, 1.807) is 13.1 Å². The average Bonchev–Trinajstić information content (AvgIpc) is 2.92. The summed E-state index contributed by atoms with van der Waals surface area (Å²) >= 11 is 0. The fourth-order valence-corrected chi connectivity index (χ4v) is 2.57. The fourth-order valence-electron chi connectivity index (χ4n) is 2.57. The molecule has 2 rings (SSSR count). The standard InChI is InChI=1S/C14H21N3O2/c1-15-13-8-2-7-12(16-13)14(19)17-9-3-5-11(17)6-4-10-18/h2,7-8,11,18H,3-6,9-10H2,1H3,(H,15,16). The minimum absolute atomic E-state index is 0.00228. The third-order valence-electron chi connectivity index (χ3n) is 3.56. The van der Waals surface area contributed by atoms with Crippen LogP contribution in [0.3, 0.4) is 0 Å². The molecule has 0 aromatic carbocycles. The number of pyridine rings is 1. The molecule has 1 unspecified atom stereocenters. The van der Waals surface area contributed by atoms with Crippen LogP contribution in [0.15, 0.2) is 18.2 Å². The first-order valence-corrected chi connectivity index (χ1v) is 6.83. The molecule has 1 aromatic rings. The van der Waals surface area contributed by atoms with E-state index in [-0.39, 0.29) is 18.6 Å². The van der Waals surface area contributed by atoms with Crippen molar-refractivity contribution in [1.29, 1.82) is 0 Å². The first kappa shape index (κ1) is 13.8.